The van der Waals surface area contributed by atoms with Gasteiger partial charge in [-0.1, -0.05) is 156 Å². The number of quaternary nitrogens is 4. The van der Waals surface area contributed by atoms with E-state index in [1.165, 1.54) is 0 Å². The monoisotopic (exact) mass is 1670 g/mol. The standard InChI is InChI=1S/C100H160N8O12/c1-21-25-29-33-37-41-69-73-45-78(90-81(85(73)109)57-101(62-118-90)65-49-93(5,6)105(113)94(7,8)50-65)71(43-39-35-31-27-23-3)75-47-80(92-83(87(75)111)59-103(64-120-92)67-53-97(13,14)107(115)98(15,16)54-67)72(44-40-36-32-28-24-4)76-48-79(91-84(88(76)112)60-104(63-119-91)68-55-99(17,18)108(116)100(19,20)56-68)70(42-38-34-30-26-22-2)74-46-77(69)89-82(86(74)110)58-102(61-117-89)66-51-95(9,10)106(114)96(11,12)52-66/h45-48,65-72,105-112H,21-44,49-64H2,1-20H3. The third-order valence-corrected chi connectivity index (χ3v) is 30.9. The van der Waals surface area contributed by atoms with E-state index in [1.54, 1.807) is 0 Å². The minimum Gasteiger partial charge on any atom is -0.634 e. The van der Waals surface area contributed by atoms with Crippen LogP contribution in [0.4, 0.5) is 0 Å². The molecule has 4 aromatic rings. The maximum absolute atomic E-state index is 14.4. The lowest BCUT2D eigenvalue weighted by molar-refractivity contribution is -0.956. The number of hydrogen-bond donors (Lipinski definition) is 8. The Kier molecular flexibility index (Phi) is 28.2. The molecule has 1 aliphatic carbocycles. The van der Waals surface area contributed by atoms with Gasteiger partial charge in [0.25, 0.3) is 0 Å². The molecule has 0 amide bonds. The van der Waals surface area contributed by atoms with Gasteiger partial charge in [-0.2, -0.15) is 0 Å². The molecule has 8 N–H and O–H groups in total. The highest BCUT2D eigenvalue weighted by atomic mass is 16.5. The van der Waals surface area contributed by atoms with Crippen molar-refractivity contribution in [2.24, 2.45) is 0 Å². The summed E-state index contributed by atoms with van der Waals surface area (Å²) in [5.74, 6) is 1.08. The van der Waals surface area contributed by atoms with Gasteiger partial charge >= 0.3 is 0 Å². The lowest BCUT2D eigenvalue weighted by Gasteiger charge is -2.56. The van der Waals surface area contributed by atoms with E-state index in [-0.39, 0.29) is 94.3 Å². The Hall–Kier alpha value is -5.20. The summed E-state index contributed by atoms with van der Waals surface area (Å²) in [6.07, 6.45) is 27.5. The molecule has 4 aromatic carbocycles. The number of unbranched alkanes of at least 4 members (excludes halogenated alkanes) is 16. The van der Waals surface area contributed by atoms with Gasteiger partial charge in [-0.25, -0.2) is 0 Å². The third kappa shape index (κ3) is 18.7. The van der Waals surface area contributed by atoms with Crippen LogP contribution >= 0.6 is 0 Å². The van der Waals surface area contributed by atoms with Crippen molar-refractivity contribution >= 4 is 0 Å². The third-order valence-electron chi connectivity index (χ3n) is 30.9. The second-order valence-electron chi connectivity index (χ2n) is 44.6. The summed E-state index contributed by atoms with van der Waals surface area (Å²) in [4.78, 5) is 9.48. The Balaban J connectivity index is 1.15. The number of nitrogens with zero attached hydrogens (tertiary/aromatic N) is 4. The molecule has 13 rings (SSSR count). The summed E-state index contributed by atoms with van der Waals surface area (Å²) >= 11 is 0. The summed E-state index contributed by atoms with van der Waals surface area (Å²) in [6.45, 7) is 44.7. The second kappa shape index (κ2) is 36.6. The van der Waals surface area contributed by atoms with E-state index in [9.17, 15) is 41.3 Å². The van der Waals surface area contributed by atoms with Crippen LogP contribution in [0.1, 0.15) is 434 Å². The van der Waals surface area contributed by atoms with Gasteiger partial charge in [-0.15, -0.1) is 0 Å². The Bertz CT molecular complexity index is 3610. The number of rotatable bonds is 28. The van der Waals surface area contributed by atoms with Gasteiger partial charge in [0.2, 0.25) is 0 Å². The largest absolute Gasteiger partial charge is 0.634 e. The van der Waals surface area contributed by atoms with E-state index in [4.69, 9.17) is 18.9 Å². The number of nitrogens with one attached hydrogen (secondary N) is 4. The highest BCUT2D eigenvalue weighted by molar-refractivity contribution is 5.69. The summed E-state index contributed by atoms with van der Waals surface area (Å²) in [5.41, 5.74) is 4.45. The smallest absolute Gasteiger partial charge is 0.142 e. The number of ether oxygens (including phenoxy) is 4. The van der Waals surface area contributed by atoms with Crippen LogP contribution < -0.4 is 39.2 Å². The summed E-state index contributed by atoms with van der Waals surface area (Å²) in [5, 5.41) is 116. The van der Waals surface area contributed by atoms with Crippen molar-refractivity contribution < 1.29 is 59.6 Å². The van der Waals surface area contributed by atoms with Crippen LogP contribution in [0, 0.1) is 20.8 Å². The topological polar surface area (TPSA) is 241 Å². The minimum atomic E-state index is -0.611. The zero-order valence-corrected chi connectivity index (χ0v) is 78.1. The van der Waals surface area contributed by atoms with Crippen molar-refractivity contribution in [2.45, 2.75) is 462 Å². The van der Waals surface area contributed by atoms with Crippen LogP contribution in [-0.4, -0.2) is 135 Å². The van der Waals surface area contributed by atoms with E-state index in [0.29, 0.717) is 148 Å². The Morgan fingerprint density at radius 2 is 0.442 bits per heavy atom. The number of phenols is 4. The Morgan fingerprint density at radius 3 is 0.608 bits per heavy atom. The molecule has 4 saturated heterocycles. The predicted octanol–water partition coefficient (Wildman–Crippen LogP) is 17.8. The zero-order chi connectivity index (χ0) is 86.7. The molecule has 0 saturated carbocycles. The fourth-order valence-corrected chi connectivity index (χ4v) is 25.1. The van der Waals surface area contributed by atoms with Crippen molar-refractivity contribution in [3.63, 3.8) is 0 Å². The van der Waals surface area contributed by atoms with Crippen molar-refractivity contribution in [1.82, 2.24) is 19.6 Å². The molecule has 0 aromatic heterocycles. The number of benzene rings is 4. The lowest BCUT2D eigenvalue weighted by atomic mass is 9.73. The molecular formula is C100H160N8O12. The van der Waals surface area contributed by atoms with Crippen LogP contribution in [0.3, 0.4) is 0 Å². The zero-order valence-electron chi connectivity index (χ0n) is 78.1. The molecular weight excluding hydrogens is 1510 g/mol. The average Bonchev–Trinajstić information content (AvgIpc) is 0.724. The molecule has 672 valence electrons. The normalized spacial score (nSPS) is 29.1. The molecule has 0 radical (unpaired) electrons. The van der Waals surface area contributed by atoms with E-state index in [2.05, 4.69) is 182 Å². The van der Waals surface area contributed by atoms with Gasteiger partial charge in [0.15, 0.2) is 0 Å². The highest BCUT2D eigenvalue weighted by Gasteiger charge is 2.54. The number of phenolic OH excluding ortho intramolecular Hbond substituents is 4. The number of hydrogen-bond acceptors (Lipinski definition) is 16. The van der Waals surface area contributed by atoms with Gasteiger partial charge in [-0.3, -0.25) is 19.6 Å². The fourth-order valence-electron chi connectivity index (χ4n) is 25.1. The maximum atomic E-state index is 14.4. The number of hydroxylamine groups is 8. The first-order chi connectivity index (χ1) is 56.6. The molecule has 120 heavy (non-hydrogen) atoms. The first kappa shape index (κ1) is 92.5. The summed E-state index contributed by atoms with van der Waals surface area (Å²) < 4.78 is 30.2. The van der Waals surface area contributed by atoms with E-state index in [1.807, 2.05) is 0 Å². The van der Waals surface area contributed by atoms with Gasteiger partial charge in [0.05, 0.1) is 66.6 Å². The molecule has 4 unspecified atom stereocenters. The van der Waals surface area contributed by atoms with E-state index in [0.717, 1.165) is 173 Å². The summed E-state index contributed by atoms with van der Waals surface area (Å²) in [6, 6.07) is 8.89. The van der Waals surface area contributed by atoms with Gasteiger partial charge < -0.3 is 80.5 Å². The van der Waals surface area contributed by atoms with Crippen LogP contribution in [0.25, 0.3) is 0 Å². The number of piperidine rings is 4. The Labute approximate surface area is 722 Å². The molecule has 0 spiro atoms. The van der Waals surface area contributed by atoms with E-state index < -0.39 is 68.0 Å². The Morgan fingerprint density at radius 1 is 0.275 bits per heavy atom. The minimum absolute atomic E-state index is 0.0573. The SMILES string of the molecule is CCCCCCCC1c2cc(c3c(c2O)CN(C2CC(C)(C)[NH+]([O-])C(C)(C)C2)CO3)C(CCCCCCC)c2cc(c3c(c2O)CN(C2CC(C)(C)[NH+]([O-])C(C)(C)C2)CO3)C(CCCCCCC)c2cc(c3c(c2O)CN(C2CC(C)(C)[NH+]([O-])C(C)(C)C2)CO3)C(CCCCCCC)c2cc1c1c(c2O)CN(C2CC(C)(C)[NH+]([O-])C(C)(C)C2)CO1. The molecule has 4 fully saturated rings. The highest BCUT2D eigenvalue weighted by Crippen LogP contribution is 2.59. The number of aromatic hydroxyl groups is 4. The van der Waals surface area contributed by atoms with E-state index >= 15 is 0 Å². The molecule has 20 nitrogen and oxygen atoms in total. The van der Waals surface area contributed by atoms with Crippen LogP contribution in [0.15, 0.2) is 24.3 Å². The molecule has 20 heteroatoms. The van der Waals surface area contributed by atoms with Crippen molar-refractivity contribution in [2.75, 3.05) is 26.9 Å². The quantitative estimate of drug-likeness (QED) is 0.0195. The maximum Gasteiger partial charge on any atom is 0.142 e. The molecule has 8 heterocycles. The summed E-state index contributed by atoms with van der Waals surface area (Å²) in [7, 11) is 0. The van der Waals surface area contributed by atoms with Crippen LogP contribution in [0.5, 0.6) is 46.0 Å². The second-order valence-corrected chi connectivity index (χ2v) is 44.6. The van der Waals surface area contributed by atoms with Gasteiger partial charge in [0.1, 0.15) is 72.9 Å². The van der Waals surface area contributed by atoms with Gasteiger partial charge in [-0.05, 0) is 161 Å². The van der Waals surface area contributed by atoms with Crippen molar-refractivity contribution in [3.8, 4) is 46.0 Å². The van der Waals surface area contributed by atoms with Gasteiger partial charge in [0, 0.05) is 170 Å². The fraction of sp³-hybridized carbons (Fsp3) is 0.760. The average molecular weight is 1670 g/mol. The lowest BCUT2D eigenvalue weighted by Crippen LogP contribution is -3.23. The van der Waals surface area contributed by atoms with Crippen molar-refractivity contribution in [1.29, 1.82) is 0 Å². The number of fused-ring (bicyclic) bond motifs is 16. The molecule has 4 atom stereocenters. The molecule has 8 bridgehead atoms. The van der Waals surface area contributed by atoms with Crippen molar-refractivity contribution in [3.05, 3.63) is 112 Å². The molecule has 9 aliphatic rings. The predicted molar refractivity (Wildman–Crippen MR) is 479 cm³/mol. The first-order valence-corrected chi connectivity index (χ1v) is 47.8. The van der Waals surface area contributed by atoms with Crippen LogP contribution in [0.2, 0.25) is 0 Å². The van der Waals surface area contributed by atoms with Crippen LogP contribution in [-0.2, 0) is 26.2 Å². The molecule has 8 aliphatic heterocycles. The first-order valence-electron chi connectivity index (χ1n) is 47.8.